The Balaban J connectivity index is 1.87. The van der Waals surface area contributed by atoms with E-state index in [0.29, 0.717) is 0 Å². The lowest BCUT2D eigenvalue weighted by atomic mass is 9.72. The SMILES string of the molecule is NCC1CC(Cc2cccc(Br)c2)C1. The van der Waals surface area contributed by atoms with Crippen LogP contribution in [0.2, 0.25) is 0 Å². The Morgan fingerprint density at radius 3 is 2.71 bits per heavy atom. The molecule has 0 atom stereocenters. The van der Waals surface area contributed by atoms with Crippen molar-refractivity contribution in [2.24, 2.45) is 17.6 Å². The van der Waals surface area contributed by atoms with Gasteiger partial charge in [0.2, 0.25) is 0 Å². The van der Waals surface area contributed by atoms with Crippen LogP contribution in [0.15, 0.2) is 28.7 Å². The molecule has 1 aromatic carbocycles. The van der Waals surface area contributed by atoms with Crippen molar-refractivity contribution >= 4 is 15.9 Å². The molecule has 1 aliphatic carbocycles. The van der Waals surface area contributed by atoms with E-state index in [9.17, 15) is 0 Å². The van der Waals surface area contributed by atoms with Gasteiger partial charge in [-0.1, -0.05) is 28.1 Å². The number of hydrogen-bond donors (Lipinski definition) is 1. The summed E-state index contributed by atoms with van der Waals surface area (Å²) >= 11 is 3.50. The van der Waals surface area contributed by atoms with Gasteiger partial charge in [0.1, 0.15) is 0 Å². The third-order valence-corrected chi connectivity index (χ3v) is 3.57. The van der Waals surface area contributed by atoms with Gasteiger partial charge in [0, 0.05) is 4.47 Å². The summed E-state index contributed by atoms with van der Waals surface area (Å²) in [5.41, 5.74) is 7.05. The average Bonchev–Trinajstić information content (AvgIpc) is 2.10. The largest absolute Gasteiger partial charge is 0.330 e. The third-order valence-electron chi connectivity index (χ3n) is 3.08. The molecule has 76 valence electrons. The zero-order valence-corrected chi connectivity index (χ0v) is 9.83. The predicted octanol–water partition coefficient (Wildman–Crippen LogP) is 2.98. The van der Waals surface area contributed by atoms with Gasteiger partial charge in [0.25, 0.3) is 0 Å². The standard InChI is InChI=1S/C12H16BrN/c13-12-3-1-2-9(7-12)4-10-5-11(6-10)8-14/h1-3,7,10-11H,4-6,8,14H2. The number of nitrogens with two attached hydrogens (primary N) is 1. The highest BCUT2D eigenvalue weighted by Gasteiger charge is 2.27. The quantitative estimate of drug-likeness (QED) is 0.881. The van der Waals surface area contributed by atoms with E-state index in [1.165, 1.54) is 29.3 Å². The zero-order chi connectivity index (χ0) is 9.97. The maximum atomic E-state index is 5.61. The van der Waals surface area contributed by atoms with Crippen LogP contribution in [0.5, 0.6) is 0 Å². The van der Waals surface area contributed by atoms with Crippen LogP contribution < -0.4 is 5.73 Å². The monoisotopic (exact) mass is 253 g/mol. The molecule has 1 saturated carbocycles. The van der Waals surface area contributed by atoms with Crippen molar-refractivity contribution in [1.82, 2.24) is 0 Å². The molecule has 0 aromatic heterocycles. The topological polar surface area (TPSA) is 26.0 Å². The number of rotatable bonds is 3. The zero-order valence-electron chi connectivity index (χ0n) is 8.25. The van der Waals surface area contributed by atoms with Crippen LogP contribution in [0, 0.1) is 11.8 Å². The predicted molar refractivity (Wildman–Crippen MR) is 63.1 cm³/mol. The molecule has 0 spiro atoms. The Morgan fingerprint density at radius 2 is 2.07 bits per heavy atom. The average molecular weight is 254 g/mol. The first-order chi connectivity index (χ1) is 6.78. The van der Waals surface area contributed by atoms with Crippen LogP contribution in [0.3, 0.4) is 0 Å². The lowest BCUT2D eigenvalue weighted by Gasteiger charge is -2.34. The summed E-state index contributed by atoms with van der Waals surface area (Å²) in [5, 5.41) is 0. The van der Waals surface area contributed by atoms with E-state index < -0.39 is 0 Å². The minimum atomic E-state index is 0.798. The lowest BCUT2D eigenvalue weighted by molar-refractivity contribution is 0.199. The summed E-state index contributed by atoms with van der Waals surface area (Å²) < 4.78 is 1.18. The molecule has 2 N–H and O–H groups in total. The van der Waals surface area contributed by atoms with Crippen molar-refractivity contribution in [2.75, 3.05) is 6.54 Å². The van der Waals surface area contributed by atoms with E-state index >= 15 is 0 Å². The van der Waals surface area contributed by atoms with E-state index in [2.05, 4.69) is 40.2 Å². The van der Waals surface area contributed by atoms with Crippen LogP contribution in [-0.4, -0.2) is 6.54 Å². The Bertz CT molecular complexity index is 305. The van der Waals surface area contributed by atoms with Crippen LogP contribution in [0.25, 0.3) is 0 Å². The van der Waals surface area contributed by atoms with E-state index in [1.807, 2.05) is 0 Å². The maximum absolute atomic E-state index is 5.61. The summed E-state index contributed by atoms with van der Waals surface area (Å²) in [6, 6.07) is 8.61. The van der Waals surface area contributed by atoms with Gasteiger partial charge in [0.15, 0.2) is 0 Å². The molecule has 2 heteroatoms. The number of halogens is 1. The lowest BCUT2D eigenvalue weighted by Crippen LogP contribution is -2.31. The smallest absolute Gasteiger partial charge is 0.0177 e. The maximum Gasteiger partial charge on any atom is 0.0177 e. The summed E-state index contributed by atoms with van der Waals surface area (Å²) in [5.74, 6) is 1.67. The Hall–Kier alpha value is -0.340. The van der Waals surface area contributed by atoms with Crippen molar-refractivity contribution in [3.63, 3.8) is 0 Å². The Labute approximate surface area is 93.8 Å². The Kier molecular flexibility index (Phi) is 3.24. The highest BCUT2D eigenvalue weighted by atomic mass is 79.9. The molecule has 1 aliphatic rings. The molecule has 0 heterocycles. The van der Waals surface area contributed by atoms with Gasteiger partial charge in [-0.25, -0.2) is 0 Å². The van der Waals surface area contributed by atoms with Gasteiger partial charge in [-0.05, 0) is 55.3 Å². The molecule has 1 nitrogen and oxygen atoms in total. The fourth-order valence-electron chi connectivity index (χ4n) is 2.23. The summed E-state index contributed by atoms with van der Waals surface area (Å²) in [4.78, 5) is 0. The molecule has 1 aromatic rings. The highest BCUT2D eigenvalue weighted by molar-refractivity contribution is 9.10. The molecule has 0 radical (unpaired) electrons. The second-order valence-corrected chi connectivity index (χ2v) is 5.19. The van der Waals surface area contributed by atoms with Crippen LogP contribution in [0.1, 0.15) is 18.4 Å². The van der Waals surface area contributed by atoms with Gasteiger partial charge in [0.05, 0.1) is 0 Å². The van der Waals surface area contributed by atoms with Crippen LogP contribution in [-0.2, 0) is 6.42 Å². The molecule has 0 saturated heterocycles. The van der Waals surface area contributed by atoms with Crippen LogP contribution >= 0.6 is 15.9 Å². The minimum Gasteiger partial charge on any atom is -0.330 e. The molecule has 14 heavy (non-hydrogen) atoms. The van der Waals surface area contributed by atoms with E-state index in [-0.39, 0.29) is 0 Å². The molecular formula is C12H16BrN. The molecule has 0 aliphatic heterocycles. The van der Waals surface area contributed by atoms with Crippen molar-refractivity contribution in [1.29, 1.82) is 0 Å². The molecule has 0 bridgehead atoms. The van der Waals surface area contributed by atoms with Crippen LogP contribution in [0.4, 0.5) is 0 Å². The Morgan fingerprint density at radius 1 is 1.29 bits per heavy atom. The fourth-order valence-corrected chi connectivity index (χ4v) is 2.68. The second kappa shape index (κ2) is 4.45. The first kappa shape index (κ1) is 10.2. The van der Waals surface area contributed by atoms with E-state index in [4.69, 9.17) is 5.73 Å². The normalized spacial score (nSPS) is 25.9. The van der Waals surface area contributed by atoms with Gasteiger partial charge >= 0.3 is 0 Å². The molecular weight excluding hydrogens is 238 g/mol. The number of hydrogen-bond acceptors (Lipinski definition) is 1. The first-order valence-electron chi connectivity index (χ1n) is 5.22. The van der Waals surface area contributed by atoms with Gasteiger partial charge in [-0.3, -0.25) is 0 Å². The molecule has 0 amide bonds. The highest BCUT2D eigenvalue weighted by Crippen LogP contribution is 2.35. The fraction of sp³-hybridized carbons (Fsp3) is 0.500. The van der Waals surface area contributed by atoms with E-state index in [0.717, 1.165) is 18.4 Å². The van der Waals surface area contributed by atoms with Crippen molar-refractivity contribution in [2.45, 2.75) is 19.3 Å². The first-order valence-corrected chi connectivity index (χ1v) is 6.01. The second-order valence-electron chi connectivity index (χ2n) is 4.27. The van der Waals surface area contributed by atoms with Crippen molar-refractivity contribution in [3.8, 4) is 0 Å². The van der Waals surface area contributed by atoms with Crippen molar-refractivity contribution < 1.29 is 0 Å². The molecule has 2 rings (SSSR count). The third kappa shape index (κ3) is 2.37. The van der Waals surface area contributed by atoms with Gasteiger partial charge in [-0.2, -0.15) is 0 Å². The molecule has 1 fully saturated rings. The molecule has 0 unspecified atom stereocenters. The van der Waals surface area contributed by atoms with E-state index in [1.54, 1.807) is 0 Å². The van der Waals surface area contributed by atoms with Gasteiger partial charge < -0.3 is 5.73 Å². The summed E-state index contributed by atoms with van der Waals surface area (Å²) in [6.45, 7) is 0.870. The van der Waals surface area contributed by atoms with Crippen molar-refractivity contribution in [3.05, 3.63) is 34.3 Å². The summed E-state index contributed by atoms with van der Waals surface area (Å²) in [6.07, 6.45) is 3.86. The van der Waals surface area contributed by atoms with Gasteiger partial charge in [-0.15, -0.1) is 0 Å². The minimum absolute atomic E-state index is 0.798. The summed E-state index contributed by atoms with van der Waals surface area (Å²) in [7, 11) is 0. The number of benzene rings is 1.